The molecule has 0 saturated carbocycles. The molecule has 0 atom stereocenters. The number of aromatic nitrogens is 6. The lowest BCUT2D eigenvalue weighted by Crippen LogP contribution is -2.12. The summed E-state index contributed by atoms with van der Waals surface area (Å²) in [5.41, 5.74) is 8.24. The molecule has 48 heavy (non-hydrogen) atoms. The first-order chi connectivity index (χ1) is 25.0. The molecule has 0 amide bonds. The summed E-state index contributed by atoms with van der Waals surface area (Å²) in [5, 5.41) is 4.51. The van der Waals surface area contributed by atoms with E-state index < -0.39 is 0 Å². The summed E-state index contributed by atoms with van der Waals surface area (Å²) in [6, 6.07) is 36.5. The molecule has 0 aliphatic rings. The van der Waals surface area contributed by atoms with Crippen LogP contribution in [-0.2, 0) is 0 Å². The average molecular weight is 675 g/mol. The third kappa shape index (κ3) is 4.31. The summed E-state index contributed by atoms with van der Waals surface area (Å²) in [7, 11) is 0. The Morgan fingerprint density at radius 3 is 1.71 bits per heavy atom. The molecule has 7 aromatic carbocycles. The van der Waals surface area contributed by atoms with Gasteiger partial charge in [0.2, 0.25) is 0 Å². The lowest BCUT2D eigenvalue weighted by atomic mass is 9.97. The molecule has 0 bridgehead atoms. The van der Waals surface area contributed by atoms with Crippen molar-refractivity contribution < 1.29 is 4.11 Å². The Balaban J connectivity index is 1.23. The molecule has 3 aromatic heterocycles. The molecular formula is C38H21N7S3. The monoisotopic (exact) mass is 674 g/mol. The van der Waals surface area contributed by atoms with Gasteiger partial charge in [-0.05, 0) is 87.2 Å². The first-order valence-corrected chi connectivity index (χ1v) is 17.2. The molecule has 0 N–H and O–H groups in total. The van der Waals surface area contributed by atoms with E-state index in [0.717, 1.165) is 62.5 Å². The van der Waals surface area contributed by atoms with Crippen molar-refractivity contribution >= 4 is 107 Å². The van der Waals surface area contributed by atoms with E-state index in [1.165, 1.54) is 5.39 Å². The highest BCUT2D eigenvalue weighted by Crippen LogP contribution is 2.46. The number of fused-ring (bicyclic) bond motifs is 5. The largest absolute Gasteiger partial charge is 0.304 e. The maximum Gasteiger partial charge on any atom is 0.129 e. The average Bonchev–Trinajstić information content (AvgIpc) is 3.94. The predicted molar refractivity (Wildman–Crippen MR) is 200 cm³/mol. The number of anilines is 3. The lowest BCUT2D eigenvalue weighted by molar-refractivity contribution is 1.31. The molecule has 10 rings (SSSR count). The Kier molecular flexibility index (Phi) is 5.59. The first kappa shape index (κ1) is 24.5. The van der Waals surface area contributed by atoms with Crippen molar-refractivity contribution in [1.82, 2.24) is 26.2 Å². The topological polar surface area (TPSA) is 80.6 Å². The van der Waals surface area contributed by atoms with Gasteiger partial charge < -0.3 is 4.90 Å². The van der Waals surface area contributed by atoms with Gasteiger partial charge in [0.15, 0.2) is 0 Å². The minimum Gasteiger partial charge on any atom is -0.304 e. The van der Waals surface area contributed by atoms with Crippen LogP contribution in [0.25, 0.3) is 76.9 Å². The highest BCUT2D eigenvalue weighted by molar-refractivity contribution is 7.00. The van der Waals surface area contributed by atoms with Crippen molar-refractivity contribution in [2.75, 3.05) is 4.90 Å². The summed E-state index contributed by atoms with van der Waals surface area (Å²) < 4.78 is 55.4. The van der Waals surface area contributed by atoms with Crippen molar-refractivity contribution in [3.8, 4) is 22.3 Å². The van der Waals surface area contributed by atoms with E-state index in [2.05, 4.69) is 49.5 Å². The molecule has 3 heterocycles. The van der Waals surface area contributed by atoms with Gasteiger partial charge in [-0.25, -0.2) is 0 Å². The Labute approximate surface area is 290 Å². The number of rotatable bonds is 5. The second kappa shape index (κ2) is 11.0. The van der Waals surface area contributed by atoms with Crippen molar-refractivity contribution in [3.05, 3.63) is 127 Å². The van der Waals surface area contributed by atoms with E-state index in [1.807, 2.05) is 59.5 Å². The number of nitrogens with zero attached hydrogens (tertiary/aromatic N) is 7. The maximum absolute atomic E-state index is 9.51. The van der Waals surface area contributed by atoms with Gasteiger partial charge in [-0.3, -0.25) is 0 Å². The Morgan fingerprint density at radius 1 is 0.417 bits per heavy atom. The number of hydrogen-bond acceptors (Lipinski definition) is 10. The van der Waals surface area contributed by atoms with Crippen LogP contribution in [0.1, 0.15) is 4.11 Å². The number of benzene rings is 7. The van der Waals surface area contributed by atoms with E-state index in [1.54, 1.807) is 18.2 Å². The Hall–Kier alpha value is -5.68. The SMILES string of the molecule is [2H]c1cc(N(c2ccc([2H])c3nsnc23)c2cc([2H])c(-c3ccc4cc5ccccc5cc4c3)c3nsnc23)c2nsnc2c1-c1ccccc1. The van der Waals surface area contributed by atoms with Crippen LogP contribution in [0.5, 0.6) is 0 Å². The summed E-state index contributed by atoms with van der Waals surface area (Å²) in [5.74, 6) is 0. The fourth-order valence-corrected chi connectivity index (χ4v) is 8.02. The molecule has 0 fully saturated rings. The molecular weight excluding hydrogens is 651 g/mol. The van der Waals surface area contributed by atoms with E-state index in [4.69, 9.17) is 14.5 Å². The van der Waals surface area contributed by atoms with Crippen molar-refractivity contribution in [1.29, 1.82) is 0 Å². The van der Waals surface area contributed by atoms with Crippen LogP contribution in [0.4, 0.5) is 17.1 Å². The molecule has 0 saturated heterocycles. The van der Waals surface area contributed by atoms with E-state index in [0.29, 0.717) is 61.3 Å². The van der Waals surface area contributed by atoms with Gasteiger partial charge in [0.05, 0.1) is 56.4 Å². The lowest BCUT2D eigenvalue weighted by Gasteiger charge is -2.26. The van der Waals surface area contributed by atoms with Crippen molar-refractivity contribution in [2.45, 2.75) is 0 Å². The number of hydrogen-bond donors (Lipinski definition) is 0. The minimum absolute atomic E-state index is 0.254. The molecule has 226 valence electrons. The van der Waals surface area contributed by atoms with Gasteiger partial charge >= 0.3 is 0 Å². The van der Waals surface area contributed by atoms with Gasteiger partial charge in [0, 0.05) is 11.1 Å². The quantitative estimate of drug-likeness (QED) is 0.168. The zero-order valence-corrected chi connectivity index (χ0v) is 27.2. The van der Waals surface area contributed by atoms with Crippen molar-refractivity contribution in [2.24, 2.45) is 0 Å². The maximum atomic E-state index is 9.51. The molecule has 0 aliphatic carbocycles. The fraction of sp³-hybridized carbons (Fsp3) is 0. The van der Waals surface area contributed by atoms with E-state index >= 15 is 0 Å². The third-order valence-electron chi connectivity index (χ3n) is 8.61. The molecule has 7 nitrogen and oxygen atoms in total. The van der Waals surface area contributed by atoms with Gasteiger partial charge in [-0.1, -0.05) is 72.8 Å². The van der Waals surface area contributed by atoms with Crippen LogP contribution in [0, 0.1) is 0 Å². The third-order valence-corrected chi connectivity index (χ3v) is 10.2. The minimum atomic E-state index is 0.254. The zero-order chi connectivity index (χ0) is 34.2. The van der Waals surface area contributed by atoms with Gasteiger partial charge in [-0.2, -0.15) is 26.2 Å². The smallest absolute Gasteiger partial charge is 0.129 e. The van der Waals surface area contributed by atoms with Crippen LogP contribution < -0.4 is 4.90 Å². The van der Waals surface area contributed by atoms with Crippen LogP contribution in [0.2, 0.25) is 0 Å². The second-order valence-electron chi connectivity index (χ2n) is 11.3. The van der Waals surface area contributed by atoms with Gasteiger partial charge in [-0.15, -0.1) is 0 Å². The van der Waals surface area contributed by atoms with Gasteiger partial charge in [0.1, 0.15) is 33.1 Å². The standard InChI is InChI=1S/C38H21N7S3/c1-2-7-22(8-3-1)28-15-17-32(37-34(28)40-47-43-37)45(31-12-6-11-30-36(31)42-46-39-30)33-18-16-29(35-38(33)44-48-41-35)26-14-13-25-19-23-9-4-5-10-24(23)20-27(25)21-26/h1-21H/i11D,15D,16D. The summed E-state index contributed by atoms with van der Waals surface area (Å²) in [4.78, 5) is 1.93. The van der Waals surface area contributed by atoms with Crippen molar-refractivity contribution in [3.63, 3.8) is 0 Å². The summed E-state index contributed by atoms with van der Waals surface area (Å²) in [6.07, 6.45) is 0. The zero-order valence-electron chi connectivity index (χ0n) is 27.7. The Morgan fingerprint density at radius 2 is 0.979 bits per heavy atom. The summed E-state index contributed by atoms with van der Waals surface area (Å²) in [6.45, 7) is 0. The molecule has 10 heteroatoms. The van der Waals surface area contributed by atoms with Crippen LogP contribution in [0.3, 0.4) is 0 Å². The first-order valence-electron chi connectivity index (χ1n) is 16.6. The predicted octanol–water partition coefficient (Wildman–Crippen LogP) is 10.8. The van der Waals surface area contributed by atoms with Crippen LogP contribution in [-0.4, -0.2) is 26.2 Å². The Bertz CT molecular complexity index is 3000. The van der Waals surface area contributed by atoms with Crippen LogP contribution in [0.15, 0.2) is 127 Å². The highest BCUT2D eigenvalue weighted by Gasteiger charge is 2.26. The highest BCUT2D eigenvalue weighted by atomic mass is 32.1. The molecule has 0 spiro atoms. The normalized spacial score (nSPS) is 12.6. The molecule has 0 unspecified atom stereocenters. The summed E-state index contributed by atoms with van der Waals surface area (Å²) >= 11 is 3.20. The molecule has 10 aromatic rings. The van der Waals surface area contributed by atoms with E-state index in [-0.39, 0.29) is 18.1 Å². The second-order valence-corrected chi connectivity index (χ2v) is 12.9. The fourth-order valence-electron chi connectivity index (χ4n) is 6.38. The molecule has 0 aliphatic heterocycles. The van der Waals surface area contributed by atoms with Gasteiger partial charge in [0.25, 0.3) is 0 Å². The van der Waals surface area contributed by atoms with E-state index in [9.17, 15) is 2.74 Å². The van der Waals surface area contributed by atoms with Crippen LogP contribution >= 0.6 is 35.2 Å². The molecule has 0 radical (unpaired) electrons.